The lowest BCUT2D eigenvalue weighted by Crippen LogP contribution is -2.29. The van der Waals surface area contributed by atoms with E-state index < -0.39 is 0 Å². The van der Waals surface area contributed by atoms with Crippen molar-refractivity contribution < 1.29 is 0 Å². The maximum absolute atomic E-state index is 4.82. The molecule has 0 atom stereocenters. The van der Waals surface area contributed by atoms with E-state index in [0.29, 0.717) is 0 Å². The lowest BCUT2D eigenvalue weighted by molar-refractivity contribution is 0.579. The van der Waals surface area contributed by atoms with Gasteiger partial charge in [-0.3, -0.25) is 0 Å². The number of fused-ring (bicyclic) bond motifs is 1. The molecule has 0 radical (unpaired) electrons. The van der Waals surface area contributed by atoms with Gasteiger partial charge in [0.15, 0.2) is 0 Å². The molecule has 1 aromatic carbocycles. The third-order valence-corrected chi connectivity index (χ3v) is 3.95. The molecule has 0 aliphatic carbocycles. The summed E-state index contributed by atoms with van der Waals surface area (Å²) in [6, 6.07) is 8.73. The van der Waals surface area contributed by atoms with Crippen LogP contribution in [0.25, 0.3) is 10.9 Å². The maximum atomic E-state index is 4.82. The molecule has 3 rings (SSSR count). The zero-order valence-corrected chi connectivity index (χ0v) is 11.7. The Balaban J connectivity index is 2.13. The van der Waals surface area contributed by atoms with Crippen LogP contribution in [0, 0.1) is 6.92 Å². The molecule has 0 spiro atoms. The molecule has 1 fully saturated rings. The number of anilines is 2. The summed E-state index contributed by atoms with van der Waals surface area (Å²) in [4.78, 5) is 7.30. The molecule has 1 aromatic heterocycles. The van der Waals surface area contributed by atoms with Crippen LogP contribution in [0.5, 0.6) is 0 Å². The fraction of sp³-hybridized carbons (Fsp3) is 0.438. The molecule has 3 nitrogen and oxygen atoms in total. The minimum atomic E-state index is 0.983. The van der Waals surface area contributed by atoms with Crippen LogP contribution in [0.3, 0.4) is 0 Å². The number of hydrogen-bond acceptors (Lipinski definition) is 3. The molecule has 0 saturated carbocycles. The molecular weight excluding hydrogens is 234 g/mol. The van der Waals surface area contributed by atoms with Crippen molar-refractivity contribution in [2.24, 2.45) is 0 Å². The average molecular weight is 255 g/mol. The molecule has 0 amide bonds. The number of hydrogen-bond donors (Lipinski definition) is 1. The summed E-state index contributed by atoms with van der Waals surface area (Å²) in [5.74, 6) is 0.983. The van der Waals surface area contributed by atoms with Gasteiger partial charge in [0.2, 0.25) is 0 Å². The van der Waals surface area contributed by atoms with Gasteiger partial charge in [-0.25, -0.2) is 4.98 Å². The Morgan fingerprint density at radius 2 is 1.95 bits per heavy atom. The Labute approximate surface area is 114 Å². The van der Waals surface area contributed by atoms with Gasteiger partial charge in [-0.15, -0.1) is 0 Å². The fourth-order valence-electron chi connectivity index (χ4n) is 2.93. The highest BCUT2D eigenvalue weighted by Gasteiger charge is 2.15. The number of aromatic nitrogens is 1. The molecule has 19 heavy (non-hydrogen) atoms. The molecule has 100 valence electrons. The summed E-state index contributed by atoms with van der Waals surface area (Å²) in [5.41, 5.74) is 3.61. The SMILES string of the molecule is CNc1nc2c(N3CCCCC3)cccc2cc1C. The lowest BCUT2D eigenvalue weighted by Gasteiger charge is -2.29. The van der Waals surface area contributed by atoms with E-state index in [-0.39, 0.29) is 0 Å². The van der Waals surface area contributed by atoms with Crippen molar-refractivity contribution in [3.63, 3.8) is 0 Å². The van der Waals surface area contributed by atoms with E-state index in [2.05, 4.69) is 41.4 Å². The summed E-state index contributed by atoms with van der Waals surface area (Å²) in [6.07, 6.45) is 3.94. The highest BCUT2D eigenvalue weighted by molar-refractivity contribution is 5.92. The Kier molecular flexibility index (Phi) is 3.28. The second kappa shape index (κ2) is 5.08. The van der Waals surface area contributed by atoms with Crippen LogP contribution in [-0.4, -0.2) is 25.1 Å². The number of nitrogens with zero attached hydrogens (tertiary/aromatic N) is 2. The van der Waals surface area contributed by atoms with Gasteiger partial charge in [0.1, 0.15) is 5.82 Å². The number of rotatable bonds is 2. The number of pyridine rings is 1. The molecule has 0 bridgehead atoms. The number of para-hydroxylation sites is 1. The van der Waals surface area contributed by atoms with Crippen LogP contribution in [-0.2, 0) is 0 Å². The van der Waals surface area contributed by atoms with Crippen molar-refractivity contribution >= 4 is 22.4 Å². The van der Waals surface area contributed by atoms with Crippen molar-refractivity contribution in [2.45, 2.75) is 26.2 Å². The molecule has 1 aliphatic rings. The van der Waals surface area contributed by atoms with Crippen LogP contribution in [0.1, 0.15) is 24.8 Å². The number of nitrogens with one attached hydrogen (secondary N) is 1. The first-order valence-electron chi connectivity index (χ1n) is 7.12. The monoisotopic (exact) mass is 255 g/mol. The summed E-state index contributed by atoms with van der Waals surface area (Å²) >= 11 is 0. The molecule has 0 unspecified atom stereocenters. The van der Waals surface area contributed by atoms with E-state index in [0.717, 1.165) is 24.4 Å². The van der Waals surface area contributed by atoms with Gasteiger partial charge in [-0.1, -0.05) is 12.1 Å². The Hall–Kier alpha value is -1.77. The minimum Gasteiger partial charge on any atom is -0.373 e. The number of benzene rings is 1. The first-order chi connectivity index (χ1) is 9.29. The Bertz CT molecular complexity index is 586. The van der Waals surface area contributed by atoms with Gasteiger partial charge in [0, 0.05) is 25.5 Å². The normalized spacial score (nSPS) is 15.8. The van der Waals surface area contributed by atoms with E-state index in [1.165, 1.54) is 35.9 Å². The van der Waals surface area contributed by atoms with Crippen LogP contribution in [0.15, 0.2) is 24.3 Å². The molecule has 1 N–H and O–H groups in total. The van der Waals surface area contributed by atoms with Crippen molar-refractivity contribution in [2.75, 3.05) is 30.4 Å². The van der Waals surface area contributed by atoms with Crippen LogP contribution in [0.4, 0.5) is 11.5 Å². The third-order valence-electron chi connectivity index (χ3n) is 3.95. The molecule has 3 heteroatoms. The molecule has 2 heterocycles. The van der Waals surface area contributed by atoms with E-state index in [9.17, 15) is 0 Å². The number of piperidine rings is 1. The quantitative estimate of drug-likeness (QED) is 0.889. The Morgan fingerprint density at radius 3 is 2.68 bits per heavy atom. The first kappa shape index (κ1) is 12.3. The fourth-order valence-corrected chi connectivity index (χ4v) is 2.93. The Morgan fingerprint density at radius 1 is 1.16 bits per heavy atom. The van der Waals surface area contributed by atoms with E-state index in [1.807, 2.05) is 7.05 Å². The zero-order valence-electron chi connectivity index (χ0n) is 11.7. The summed E-state index contributed by atoms with van der Waals surface area (Å²) in [7, 11) is 1.94. The molecular formula is C16H21N3. The number of aryl methyl sites for hydroxylation is 1. The van der Waals surface area contributed by atoms with Crippen LogP contribution < -0.4 is 10.2 Å². The predicted molar refractivity (Wildman–Crippen MR) is 82.1 cm³/mol. The third kappa shape index (κ3) is 2.25. The average Bonchev–Trinajstić information content (AvgIpc) is 2.46. The summed E-state index contributed by atoms with van der Waals surface area (Å²) < 4.78 is 0. The lowest BCUT2D eigenvalue weighted by atomic mass is 10.1. The second-order valence-corrected chi connectivity index (χ2v) is 5.30. The van der Waals surface area contributed by atoms with Crippen molar-refractivity contribution in [3.8, 4) is 0 Å². The smallest absolute Gasteiger partial charge is 0.129 e. The zero-order chi connectivity index (χ0) is 13.2. The maximum Gasteiger partial charge on any atom is 0.129 e. The van der Waals surface area contributed by atoms with Gasteiger partial charge in [0.05, 0.1) is 11.2 Å². The van der Waals surface area contributed by atoms with Crippen LogP contribution in [0.2, 0.25) is 0 Å². The first-order valence-corrected chi connectivity index (χ1v) is 7.12. The van der Waals surface area contributed by atoms with Crippen molar-refractivity contribution in [1.82, 2.24) is 4.98 Å². The summed E-state index contributed by atoms with van der Waals surface area (Å²) in [5, 5.41) is 4.42. The van der Waals surface area contributed by atoms with Crippen molar-refractivity contribution in [3.05, 3.63) is 29.8 Å². The largest absolute Gasteiger partial charge is 0.373 e. The highest BCUT2D eigenvalue weighted by atomic mass is 15.1. The standard InChI is InChI=1S/C16H21N3/c1-12-11-13-7-6-8-14(15(13)18-16(12)17-2)19-9-4-3-5-10-19/h6-8,11H,3-5,9-10H2,1-2H3,(H,17,18). The van der Waals surface area contributed by atoms with Gasteiger partial charge in [-0.05, 0) is 43.9 Å². The molecule has 2 aromatic rings. The summed E-state index contributed by atoms with van der Waals surface area (Å²) in [6.45, 7) is 4.42. The minimum absolute atomic E-state index is 0.983. The predicted octanol–water partition coefficient (Wildman–Crippen LogP) is 3.58. The van der Waals surface area contributed by atoms with Gasteiger partial charge >= 0.3 is 0 Å². The topological polar surface area (TPSA) is 28.2 Å². The molecule has 1 aliphatic heterocycles. The van der Waals surface area contributed by atoms with E-state index in [1.54, 1.807) is 0 Å². The second-order valence-electron chi connectivity index (χ2n) is 5.30. The molecule has 1 saturated heterocycles. The van der Waals surface area contributed by atoms with Crippen molar-refractivity contribution in [1.29, 1.82) is 0 Å². The van der Waals surface area contributed by atoms with Gasteiger partial charge in [0.25, 0.3) is 0 Å². The van der Waals surface area contributed by atoms with E-state index >= 15 is 0 Å². The van der Waals surface area contributed by atoms with Gasteiger partial charge in [-0.2, -0.15) is 0 Å². The van der Waals surface area contributed by atoms with Crippen LogP contribution >= 0.6 is 0 Å². The van der Waals surface area contributed by atoms with Gasteiger partial charge < -0.3 is 10.2 Å². The highest BCUT2D eigenvalue weighted by Crippen LogP contribution is 2.30. The van der Waals surface area contributed by atoms with E-state index in [4.69, 9.17) is 4.98 Å².